The summed E-state index contributed by atoms with van der Waals surface area (Å²) in [6, 6.07) is 9.97. The van der Waals surface area contributed by atoms with Gasteiger partial charge in [0.1, 0.15) is 18.4 Å². The van der Waals surface area contributed by atoms with Crippen LogP contribution in [0.15, 0.2) is 50.3 Å². The van der Waals surface area contributed by atoms with Gasteiger partial charge < -0.3 is 5.48 Å². The summed E-state index contributed by atoms with van der Waals surface area (Å²) in [6.07, 6.45) is 2.85. The fourth-order valence-electron chi connectivity index (χ4n) is 1.82. The Kier molecular flexibility index (Phi) is 3.61. The van der Waals surface area contributed by atoms with Crippen molar-refractivity contribution in [3.8, 4) is 0 Å². The van der Waals surface area contributed by atoms with Crippen molar-refractivity contribution in [2.75, 3.05) is 0 Å². The molecule has 7 nitrogen and oxygen atoms in total. The van der Waals surface area contributed by atoms with Crippen LogP contribution in [0, 0.1) is 0 Å². The Morgan fingerprint density at radius 3 is 2.68 bits per heavy atom. The van der Waals surface area contributed by atoms with E-state index in [4.69, 9.17) is 5.73 Å². The van der Waals surface area contributed by atoms with Gasteiger partial charge in [-0.1, -0.05) is 30.3 Å². The minimum absolute atomic E-state index is 0. The highest BCUT2D eigenvalue weighted by molar-refractivity contribution is 6.50. The number of hydrogen-bond acceptors (Lipinski definition) is 6. The summed E-state index contributed by atoms with van der Waals surface area (Å²) in [4.78, 5) is 16.3. The minimum Gasteiger partial charge on any atom is -0.412 e. The van der Waals surface area contributed by atoms with Crippen molar-refractivity contribution in [3.63, 3.8) is 0 Å². The SMILES string of the molecule is NC1(NCc2ccccc2)N=CN=C2N=CN=C21.O. The maximum atomic E-state index is 6.19. The maximum absolute atomic E-state index is 6.19. The second kappa shape index (κ2) is 5.19. The molecule has 5 N–H and O–H groups in total. The Bertz CT molecular complexity index is 577. The first-order chi connectivity index (χ1) is 8.78. The van der Waals surface area contributed by atoms with E-state index in [9.17, 15) is 0 Å². The molecule has 1 aromatic carbocycles. The van der Waals surface area contributed by atoms with E-state index in [1.165, 1.54) is 12.7 Å². The molecule has 3 rings (SSSR count). The van der Waals surface area contributed by atoms with Gasteiger partial charge in [-0.3, -0.25) is 11.1 Å². The highest BCUT2D eigenvalue weighted by Crippen LogP contribution is 2.13. The topological polar surface area (TPSA) is 119 Å². The largest absolute Gasteiger partial charge is 0.412 e. The Balaban J connectivity index is 0.00000133. The number of rotatable bonds is 3. The number of benzene rings is 1. The third-order valence-corrected chi connectivity index (χ3v) is 2.79. The number of hydrogen-bond donors (Lipinski definition) is 2. The van der Waals surface area contributed by atoms with Crippen molar-refractivity contribution < 1.29 is 5.48 Å². The highest BCUT2D eigenvalue weighted by Gasteiger charge is 2.37. The van der Waals surface area contributed by atoms with Gasteiger partial charge >= 0.3 is 0 Å². The molecule has 19 heavy (non-hydrogen) atoms. The molecular weight excluding hydrogens is 244 g/mol. The molecule has 0 fully saturated rings. The number of amidine groups is 1. The summed E-state index contributed by atoms with van der Waals surface area (Å²) >= 11 is 0. The molecule has 0 spiro atoms. The van der Waals surface area contributed by atoms with Crippen LogP contribution >= 0.6 is 0 Å². The van der Waals surface area contributed by atoms with Crippen LogP contribution in [0.3, 0.4) is 0 Å². The molecule has 0 saturated carbocycles. The fraction of sp³-hybridized carbons (Fsp3) is 0.167. The smallest absolute Gasteiger partial charge is 0.211 e. The van der Waals surface area contributed by atoms with E-state index in [-0.39, 0.29) is 5.48 Å². The van der Waals surface area contributed by atoms with Gasteiger partial charge in [-0.05, 0) is 5.56 Å². The average molecular weight is 258 g/mol. The molecule has 2 heterocycles. The van der Waals surface area contributed by atoms with Gasteiger partial charge in [-0.25, -0.2) is 20.0 Å². The molecule has 7 heteroatoms. The van der Waals surface area contributed by atoms with E-state index in [2.05, 4.69) is 25.3 Å². The van der Waals surface area contributed by atoms with Gasteiger partial charge in [-0.15, -0.1) is 0 Å². The standard InChI is InChI=1S/C12H12N6.H2O/c13-12(17-6-9-4-2-1-3-5-9)10-11(15-7-14-10)16-8-18-12;/h1-5,7-8,17H,6,13H2;1H2. The van der Waals surface area contributed by atoms with E-state index >= 15 is 0 Å². The van der Waals surface area contributed by atoms with E-state index in [1.54, 1.807) is 0 Å². The summed E-state index contributed by atoms with van der Waals surface area (Å²) < 4.78 is 0. The molecule has 0 saturated heterocycles. The van der Waals surface area contributed by atoms with Crippen LogP contribution < -0.4 is 11.1 Å². The molecular formula is C12H14N6O. The Morgan fingerprint density at radius 1 is 1.11 bits per heavy atom. The lowest BCUT2D eigenvalue weighted by molar-refractivity contribution is 0.465. The van der Waals surface area contributed by atoms with Crippen molar-refractivity contribution >= 4 is 24.2 Å². The van der Waals surface area contributed by atoms with Crippen molar-refractivity contribution in [2.24, 2.45) is 25.7 Å². The van der Waals surface area contributed by atoms with Gasteiger partial charge in [0.15, 0.2) is 5.84 Å². The number of nitrogens with two attached hydrogens (primary N) is 1. The monoisotopic (exact) mass is 258 g/mol. The number of nitrogens with zero attached hydrogens (tertiary/aromatic N) is 4. The number of nitrogens with one attached hydrogen (secondary N) is 1. The van der Waals surface area contributed by atoms with Crippen LogP contribution in [-0.2, 0) is 6.54 Å². The molecule has 2 aliphatic heterocycles. The fourth-order valence-corrected chi connectivity index (χ4v) is 1.82. The predicted molar refractivity (Wildman–Crippen MR) is 75.7 cm³/mol. The van der Waals surface area contributed by atoms with Crippen LogP contribution in [0.1, 0.15) is 5.56 Å². The Morgan fingerprint density at radius 2 is 1.89 bits per heavy atom. The normalized spacial score (nSPS) is 23.4. The summed E-state index contributed by atoms with van der Waals surface area (Å²) in [6.45, 7) is 0.598. The van der Waals surface area contributed by atoms with E-state index in [0.29, 0.717) is 18.1 Å². The molecule has 0 aliphatic carbocycles. The molecule has 98 valence electrons. The Hall–Kier alpha value is -2.22. The van der Waals surface area contributed by atoms with Crippen molar-refractivity contribution in [1.29, 1.82) is 0 Å². The zero-order valence-corrected chi connectivity index (χ0v) is 10.1. The van der Waals surface area contributed by atoms with Crippen molar-refractivity contribution in [2.45, 2.75) is 12.3 Å². The van der Waals surface area contributed by atoms with E-state index < -0.39 is 5.79 Å². The zero-order valence-electron chi connectivity index (χ0n) is 10.1. The zero-order chi connectivity index (χ0) is 12.4. The molecule has 2 aliphatic rings. The predicted octanol–water partition coefficient (Wildman–Crippen LogP) is -0.513. The van der Waals surface area contributed by atoms with Crippen LogP contribution in [0.4, 0.5) is 0 Å². The number of aliphatic imine (C=N–C) groups is 4. The second-order valence-corrected chi connectivity index (χ2v) is 4.03. The average Bonchev–Trinajstić information content (AvgIpc) is 2.88. The third-order valence-electron chi connectivity index (χ3n) is 2.79. The lowest BCUT2D eigenvalue weighted by atomic mass is 10.1. The van der Waals surface area contributed by atoms with Gasteiger partial charge in [-0.2, -0.15) is 0 Å². The third kappa shape index (κ3) is 2.48. The number of fused-ring (bicyclic) bond motifs is 1. The van der Waals surface area contributed by atoms with Crippen LogP contribution in [0.2, 0.25) is 0 Å². The van der Waals surface area contributed by atoms with Gasteiger partial charge in [0.2, 0.25) is 5.79 Å². The first-order valence-corrected chi connectivity index (χ1v) is 5.58. The van der Waals surface area contributed by atoms with Crippen LogP contribution in [0.5, 0.6) is 0 Å². The van der Waals surface area contributed by atoms with Gasteiger partial charge in [0.25, 0.3) is 0 Å². The molecule has 0 aromatic heterocycles. The molecule has 0 radical (unpaired) electrons. The van der Waals surface area contributed by atoms with E-state index in [0.717, 1.165) is 5.56 Å². The summed E-state index contributed by atoms with van der Waals surface area (Å²) in [5, 5.41) is 3.17. The lowest BCUT2D eigenvalue weighted by Gasteiger charge is -2.27. The molecule has 0 amide bonds. The summed E-state index contributed by atoms with van der Waals surface area (Å²) in [7, 11) is 0. The first kappa shape index (κ1) is 13.2. The molecule has 1 aromatic rings. The minimum atomic E-state index is -1.05. The summed E-state index contributed by atoms with van der Waals surface area (Å²) in [5.41, 5.74) is 7.87. The van der Waals surface area contributed by atoms with Gasteiger partial charge in [0, 0.05) is 6.54 Å². The molecule has 1 unspecified atom stereocenters. The molecule has 0 bridgehead atoms. The summed E-state index contributed by atoms with van der Waals surface area (Å²) in [5.74, 6) is -0.531. The van der Waals surface area contributed by atoms with Gasteiger partial charge in [0.05, 0.1) is 0 Å². The lowest BCUT2D eigenvalue weighted by Crippen LogP contribution is -2.60. The van der Waals surface area contributed by atoms with E-state index in [1.807, 2.05) is 30.3 Å². The Labute approximate surface area is 110 Å². The van der Waals surface area contributed by atoms with Crippen molar-refractivity contribution in [3.05, 3.63) is 35.9 Å². The van der Waals surface area contributed by atoms with Crippen molar-refractivity contribution in [1.82, 2.24) is 5.32 Å². The maximum Gasteiger partial charge on any atom is 0.211 e. The van der Waals surface area contributed by atoms with Crippen LogP contribution in [0.25, 0.3) is 0 Å². The molecule has 1 atom stereocenters. The first-order valence-electron chi connectivity index (χ1n) is 5.58. The second-order valence-electron chi connectivity index (χ2n) is 4.03. The quantitative estimate of drug-likeness (QED) is 0.710. The highest BCUT2D eigenvalue weighted by atomic mass is 16.0. The van der Waals surface area contributed by atoms with Crippen LogP contribution in [-0.4, -0.2) is 35.5 Å².